The molecule has 43 heteroatoms. The molecule has 16 heterocycles. The van der Waals surface area contributed by atoms with Crippen LogP contribution in [0.2, 0.25) is 0 Å². The van der Waals surface area contributed by atoms with Crippen LogP contribution in [0.3, 0.4) is 0 Å². The van der Waals surface area contributed by atoms with Crippen LogP contribution in [-0.2, 0) is 54.4 Å². The van der Waals surface area contributed by atoms with Crippen LogP contribution in [0, 0.1) is 0 Å². The van der Waals surface area contributed by atoms with Gasteiger partial charge in [0.05, 0.1) is 0 Å². The molecule has 0 bridgehead atoms. The van der Waals surface area contributed by atoms with Crippen molar-refractivity contribution in [3.63, 3.8) is 0 Å². The van der Waals surface area contributed by atoms with Crippen molar-refractivity contribution in [2.45, 2.75) is 235 Å². The fourth-order valence-electron chi connectivity index (χ4n) is 21.8. The smallest absolute Gasteiger partial charge is 0.429 e. The molecule has 16 aliphatic heterocycles. The first kappa shape index (κ1) is 87.5. The molecule has 0 unspecified atom stereocenters. The summed E-state index contributed by atoms with van der Waals surface area (Å²) in [5.74, 6) is -3.73. The molecule has 0 aliphatic carbocycles. The lowest BCUT2D eigenvalue weighted by atomic mass is 10.2. The van der Waals surface area contributed by atoms with Crippen molar-refractivity contribution in [2.75, 3.05) is 157 Å². The fraction of sp³-hybridized carbons (Fsp3) is 0.726. The number of carbonyl (C=O) groups is 17. The topological polar surface area (TPSA) is 386 Å². The van der Waals surface area contributed by atoms with Gasteiger partial charge in [0.25, 0.3) is 47.3 Å². The first-order valence-corrected chi connectivity index (χ1v) is 46.3. The van der Waals surface area contributed by atoms with Crippen molar-refractivity contribution < 1.29 is 91.0 Å². The molecule has 0 N–H and O–H groups in total. The number of urea groups is 7. The molecular weight excluding hydrogens is 1650 g/mol. The Morgan fingerprint density at radius 2 is 0.409 bits per heavy atom. The highest BCUT2D eigenvalue weighted by Gasteiger charge is 2.56. The highest BCUT2D eigenvalue weighted by molar-refractivity contribution is 5.98. The molecule has 690 valence electrons. The van der Waals surface area contributed by atoms with E-state index in [1.165, 1.54) is 119 Å². The minimum atomic E-state index is -1.02. The van der Waals surface area contributed by atoms with Crippen LogP contribution in [0.4, 0.5) is 43.2 Å². The van der Waals surface area contributed by atoms with E-state index in [1.807, 2.05) is 30.3 Å². The van der Waals surface area contributed by atoms with Crippen molar-refractivity contribution in [1.82, 2.24) is 119 Å². The average molecular weight is 1770 g/mol. The van der Waals surface area contributed by atoms with E-state index in [9.17, 15) is 62.3 Å². The Hall–Kier alpha value is -11.6. The molecule has 1 aromatic carbocycles. The van der Waals surface area contributed by atoms with Crippen LogP contribution >= 0.6 is 0 Å². The average Bonchev–Trinajstić information content (AvgIpc) is 1.64. The van der Waals surface area contributed by atoms with E-state index in [-0.39, 0.29) is 183 Å². The van der Waals surface area contributed by atoms with E-state index < -0.39 is 156 Å². The highest BCUT2D eigenvalue weighted by Crippen LogP contribution is 2.38. The van der Waals surface area contributed by atoms with Gasteiger partial charge >= 0.3 is 54.4 Å². The van der Waals surface area contributed by atoms with Crippen molar-refractivity contribution >= 4 is 102 Å². The molecule has 0 saturated carbocycles. The minimum Gasteiger partial charge on any atom is -0.444 e. The van der Waals surface area contributed by atoms with Crippen LogP contribution in [0.1, 0.15) is 180 Å². The molecule has 16 aliphatic rings. The van der Waals surface area contributed by atoms with E-state index in [1.54, 1.807) is 20.8 Å². The third-order valence-electron chi connectivity index (χ3n) is 27.9. The molecule has 16 fully saturated rings. The van der Waals surface area contributed by atoms with Crippen molar-refractivity contribution in [3.8, 4) is 0 Å². The third kappa shape index (κ3) is 16.7. The van der Waals surface area contributed by atoms with E-state index >= 15 is 19.2 Å². The SMILES string of the molecule is CC(C)(C)OC(=O)N1CCC[C@H]1C(=O)N1CCCN1C(=O)N1CCC[C@H]1C(=O)N1CCCN1C(=O)N1CCC[C@H]1C(=O)N1CCCN1C(=O)N1CCC[C@H]1C(=O)N1CCCN1C(=O)N1CCC[C@H]1C(=O)N1CCCN1C(=O)N1CCC[C@H]1C(=O)N1CCCN1C(=O)N1CCC[C@H]1C(=O)N1CCCN1C(=O)N1CCC[C@H]1C(=O)N1CCCN1C(=O)OCc1ccccc1. The van der Waals surface area contributed by atoms with Crippen LogP contribution in [0.25, 0.3) is 0 Å². The van der Waals surface area contributed by atoms with Gasteiger partial charge in [-0.1, -0.05) is 30.3 Å². The van der Waals surface area contributed by atoms with Crippen LogP contribution in [0.15, 0.2) is 30.3 Å². The first-order valence-electron chi connectivity index (χ1n) is 46.3. The molecule has 16 saturated heterocycles. The first-order chi connectivity index (χ1) is 61.3. The van der Waals surface area contributed by atoms with Gasteiger partial charge in [0.15, 0.2) is 0 Å². The monoisotopic (exact) mass is 1770 g/mol. The van der Waals surface area contributed by atoms with E-state index in [2.05, 4.69) is 0 Å². The summed E-state index contributed by atoms with van der Waals surface area (Å²) in [4.78, 5) is 260. The van der Waals surface area contributed by atoms with Crippen molar-refractivity contribution in [1.29, 1.82) is 0 Å². The van der Waals surface area contributed by atoms with Gasteiger partial charge in [0, 0.05) is 157 Å². The predicted octanol–water partition coefficient (Wildman–Crippen LogP) is 3.41. The Labute approximate surface area is 737 Å². The summed E-state index contributed by atoms with van der Waals surface area (Å²) in [5.41, 5.74) is 0.00941. The highest BCUT2D eigenvalue weighted by atomic mass is 16.6. The lowest BCUT2D eigenvalue weighted by molar-refractivity contribution is -0.149. The Morgan fingerprint density at radius 3 is 0.622 bits per heavy atom. The lowest BCUT2D eigenvalue weighted by Gasteiger charge is -2.40. The Kier molecular flexibility index (Phi) is 25.2. The second-order valence-electron chi connectivity index (χ2n) is 36.8. The van der Waals surface area contributed by atoms with Gasteiger partial charge in [-0.3, -0.25) is 43.3 Å². The van der Waals surface area contributed by atoms with Gasteiger partial charge in [-0.05, 0) is 180 Å². The van der Waals surface area contributed by atoms with Gasteiger partial charge in [-0.25, -0.2) is 123 Å². The zero-order chi connectivity index (χ0) is 89.0. The van der Waals surface area contributed by atoms with Crippen LogP contribution in [0.5, 0.6) is 0 Å². The summed E-state index contributed by atoms with van der Waals surface area (Å²) in [6, 6.07) is -2.45. The second kappa shape index (κ2) is 36.6. The minimum absolute atomic E-state index is 0.0216. The summed E-state index contributed by atoms with van der Waals surface area (Å²) >= 11 is 0. The Bertz CT molecular complexity index is 4400. The molecule has 0 aromatic heterocycles. The number of amides is 24. The number of hydrazine groups is 8. The summed E-state index contributed by atoms with van der Waals surface area (Å²) in [6.07, 6.45) is 8.58. The van der Waals surface area contributed by atoms with Gasteiger partial charge < -0.3 is 43.8 Å². The number of hydrogen-bond donors (Lipinski definition) is 0. The van der Waals surface area contributed by atoms with E-state index in [0.717, 1.165) is 5.56 Å². The third-order valence-corrected chi connectivity index (χ3v) is 27.9. The molecule has 8 atom stereocenters. The van der Waals surface area contributed by atoms with Crippen LogP contribution in [-0.4, -0.2) is 432 Å². The van der Waals surface area contributed by atoms with Crippen LogP contribution < -0.4 is 0 Å². The molecule has 17 rings (SSSR count). The number of nitrogens with zero attached hydrogens (tertiary/aromatic N) is 24. The summed E-state index contributed by atoms with van der Waals surface area (Å²) < 4.78 is 11.2. The standard InChI is InChI=1S/C84H120N24O19/c1-84(2,3)127-82(124)92-40-14-32-66(92)74(116)99-47-21-55-107(99)80(122)90-38-12-30-64(90)72(114)97-45-19-53-105(97)78(120)88-36-10-28-62(88)70(112)95-43-17-51-103(95)76(118)86-34-8-26-60(86)68(110)93-41-15-49-101(93)75(117)85-33-7-25-59(85)67(109)94-42-16-50-102(94)77(119)87-35-9-27-61(87)69(111)96-44-18-52-104(96)79(121)89-37-11-29-63(89)71(113)98-46-20-54-106(98)81(123)91-39-13-31-65(91)73(115)100-48-22-56-108(100)83(125)126-57-58-23-5-4-6-24-58/h4-6,23-24,59-66H,7-22,25-57H2,1-3H3/t59-,60-,61-,62-,63-,64-,65-,66-/m0/s1. The lowest BCUT2D eigenvalue weighted by Crippen LogP contribution is -2.62. The summed E-state index contributed by atoms with van der Waals surface area (Å²) in [7, 11) is 0. The number of benzene rings is 1. The fourth-order valence-corrected chi connectivity index (χ4v) is 21.8. The van der Waals surface area contributed by atoms with Crippen molar-refractivity contribution in [2.24, 2.45) is 0 Å². The largest absolute Gasteiger partial charge is 0.444 e. The zero-order valence-electron chi connectivity index (χ0n) is 73.1. The number of likely N-dealkylation sites (tertiary alicyclic amines) is 8. The molecular formula is C84H120N24O19. The molecule has 0 spiro atoms. The number of hydrogen-bond acceptors (Lipinski definition) is 19. The molecule has 127 heavy (non-hydrogen) atoms. The maximum absolute atomic E-state index is 15.1. The predicted molar refractivity (Wildman–Crippen MR) is 443 cm³/mol. The maximum atomic E-state index is 15.1. The zero-order valence-corrected chi connectivity index (χ0v) is 73.1. The van der Waals surface area contributed by atoms with Gasteiger partial charge in [0.1, 0.15) is 60.5 Å². The Morgan fingerprint density at radius 1 is 0.228 bits per heavy atom. The number of ether oxygens (including phenoxy) is 2. The quantitative estimate of drug-likeness (QED) is 0.324. The van der Waals surface area contributed by atoms with Gasteiger partial charge in [0.2, 0.25) is 0 Å². The molecule has 43 nitrogen and oxygen atoms in total. The summed E-state index contributed by atoms with van der Waals surface area (Å²) in [6.45, 7) is 9.91. The second-order valence-corrected chi connectivity index (χ2v) is 36.8. The molecule has 1 aromatic rings. The maximum Gasteiger partial charge on any atom is 0.429 e. The number of carbonyl (C=O) groups excluding carboxylic acids is 17. The number of rotatable bonds is 10. The van der Waals surface area contributed by atoms with E-state index in [0.29, 0.717) is 135 Å². The normalized spacial score (nSPS) is 26.5. The molecule has 24 amide bonds. The van der Waals surface area contributed by atoms with Gasteiger partial charge in [-0.2, -0.15) is 0 Å². The van der Waals surface area contributed by atoms with Crippen molar-refractivity contribution in [3.05, 3.63) is 35.9 Å². The van der Waals surface area contributed by atoms with Gasteiger partial charge in [-0.15, -0.1) is 0 Å². The van der Waals surface area contributed by atoms with E-state index in [4.69, 9.17) is 9.47 Å². The molecule has 0 radical (unpaired) electrons. The Balaban J connectivity index is 0.488. The summed E-state index contributed by atoms with van der Waals surface area (Å²) in [5, 5.41) is 21.6.